The standard InChI is InChI=1S/C13H16N4S/c1-9-7-18-12(17-9)5-6-14-13-10-3-2-4-11(10)15-8-16-13/h7-8H,2-6H2,1H3,(H,14,15,16). The van der Waals surface area contributed by atoms with Gasteiger partial charge in [-0.2, -0.15) is 0 Å². The first kappa shape index (κ1) is 11.6. The highest BCUT2D eigenvalue weighted by Crippen LogP contribution is 2.24. The quantitative estimate of drug-likeness (QED) is 0.917. The lowest BCUT2D eigenvalue weighted by molar-refractivity contribution is 0.899. The molecule has 2 aromatic heterocycles. The predicted octanol–water partition coefficient (Wildman–Crippen LogP) is 2.38. The molecule has 2 aromatic rings. The summed E-state index contributed by atoms with van der Waals surface area (Å²) in [6.07, 6.45) is 6.03. The highest BCUT2D eigenvalue weighted by molar-refractivity contribution is 7.09. The fourth-order valence-electron chi connectivity index (χ4n) is 2.32. The summed E-state index contributed by atoms with van der Waals surface area (Å²) in [4.78, 5) is 13.1. The average Bonchev–Trinajstić information content (AvgIpc) is 2.98. The van der Waals surface area contributed by atoms with E-state index in [1.807, 2.05) is 6.92 Å². The summed E-state index contributed by atoms with van der Waals surface area (Å²) in [5.41, 5.74) is 3.64. The zero-order valence-corrected chi connectivity index (χ0v) is 11.3. The topological polar surface area (TPSA) is 50.7 Å². The number of aryl methyl sites for hydroxylation is 2. The lowest BCUT2D eigenvalue weighted by Gasteiger charge is -2.08. The first-order valence-electron chi connectivity index (χ1n) is 6.30. The largest absolute Gasteiger partial charge is 0.369 e. The molecule has 0 unspecified atom stereocenters. The van der Waals surface area contributed by atoms with Crippen LogP contribution in [0.4, 0.5) is 5.82 Å². The van der Waals surface area contributed by atoms with E-state index in [1.165, 1.54) is 22.7 Å². The summed E-state index contributed by atoms with van der Waals surface area (Å²) in [6, 6.07) is 0. The Hall–Kier alpha value is -1.49. The van der Waals surface area contributed by atoms with Gasteiger partial charge in [0.25, 0.3) is 0 Å². The molecule has 1 aliphatic carbocycles. The second-order valence-corrected chi connectivity index (χ2v) is 5.50. The minimum Gasteiger partial charge on any atom is -0.369 e. The van der Waals surface area contributed by atoms with E-state index in [4.69, 9.17) is 0 Å². The van der Waals surface area contributed by atoms with Gasteiger partial charge >= 0.3 is 0 Å². The Balaban J connectivity index is 1.62. The molecule has 4 nitrogen and oxygen atoms in total. The Labute approximate surface area is 111 Å². The molecular weight excluding hydrogens is 244 g/mol. The molecule has 0 amide bonds. The second-order valence-electron chi connectivity index (χ2n) is 4.56. The minimum absolute atomic E-state index is 0.885. The maximum absolute atomic E-state index is 4.46. The maximum Gasteiger partial charge on any atom is 0.132 e. The summed E-state index contributed by atoms with van der Waals surface area (Å²) < 4.78 is 0. The maximum atomic E-state index is 4.46. The Bertz CT molecular complexity index is 550. The van der Waals surface area contributed by atoms with Gasteiger partial charge in [-0.15, -0.1) is 11.3 Å². The van der Waals surface area contributed by atoms with Crippen LogP contribution >= 0.6 is 11.3 Å². The van der Waals surface area contributed by atoms with Gasteiger partial charge < -0.3 is 5.32 Å². The molecule has 1 N–H and O–H groups in total. The first-order valence-corrected chi connectivity index (χ1v) is 7.18. The number of nitrogens with one attached hydrogen (secondary N) is 1. The molecule has 0 aliphatic heterocycles. The summed E-state index contributed by atoms with van der Waals surface area (Å²) in [6.45, 7) is 2.92. The van der Waals surface area contributed by atoms with Gasteiger partial charge in [0.05, 0.1) is 5.01 Å². The molecule has 1 aliphatic rings. The van der Waals surface area contributed by atoms with Crippen LogP contribution < -0.4 is 5.32 Å². The lowest BCUT2D eigenvalue weighted by Crippen LogP contribution is -2.09. The summed E-state index contributed by atoms with van der Waals surface area (Å²) in [5, 5.41) is 6.70. The Kier molecular flexibility index (Phi) is 3.23. The number of hydrogen-bond acceptors (Lipinski definition) is 5. The molecule has 18 heavy (non-hydrogen) atoms. The third-order valence-electron chi connectivity index (χ3n) is 3.17. The number of anilines is 1. The van der Waals surface area contributed by atoms with Crippen LogP contribution in [0.25, 0.3) is 0 Å². The van der Waals surface area contributed by atoms with E-state index in [-0.39, 0.29) is 0 Å². The van der Waals surface area contributed by atoms with E-state index < -0.39 is 0 Å². The van der Waals surface area contributed by atoms with Crippen LogP contribution in [0.15, 0.2) is 11.7 Å². The molecule has 0 radical (unpaired) electrons. The third kappa shape index (κ3) is 2.36. The third-order valence-corrected chi connectivity index (χ3v) is 4.20. The predicted molar refractivity (Wildman–Crippen MR) is 73.1 cm³/mol. The van der Waals surface area contributed by atoms with Gasteiger partial charge in [-0.25, -0.2) is 15.0 Å². The molecule has 0 atom stereocenters. The van der Waals surface area contributed by atoms with Crippen molar-refractivity contribution in [1.82, 2.24) is 15.0 Å². The van der Waals surface area contributed by atoms with Crippen molar-refractivity contribution in [2.45, 2.75) is 32.6 Å². The molecule has 5 heteroatoms. The first-order chi connectivity index (χ1) is 8.83. The van der Waals surface area contributed by atoms with Gasteiger partial charge in [0.1, 0.15) is 12.1 Å². The number of nitrogens with zero attached hydrogens (tertiary/aromatic N) is 3. The highest BCUT2D eigenvalue weighted by Gasteiger charge is 2.16. The van der Waals surface area contributed by atoms with Gasteiger partial charge in [-0.3, -0.25) is 0 Å². The van der Waals surface area contributed by atoms with Crippen LogP contribution in [0.5, 0.6) is 0 Å². The van der Waals surface area contributed by atoms with E-state index >= 15 is 0 Å². The summed E-state index contributed by atoms with van der Waals surface area (Å²) in [5.74, 6) is 1.02. The van der Waals surface area contributed by atoms with E-state index in [0.717, 1.165) is 37.3 Å². The Morgan fingerprint density at radius 3 is 3.11 bits per heavy atom. The fraction of sp³-hybridized carbons (Fsp3) is 0.462. The molecule has 2 heterocycles. The zero-order chi connectivity index (χ0) is 12.4. The molecule has 0 spiro atoms. The normalized spacial score (nSPS) is 13.6. The number of thiazole rings is 1. The van der Waals surface area contributed by atoms with Crippen molar-refractivity contribution < 1.29 is 0 Å². The van der Waals surface area contributed by atoms with E-state index in [0.29, 0.717) is 0 Å². The lowest BCUT2D eigenvalue weighted by atomic mass is 10.2. The van der Waals surface area contributed by atoms with Crippen molar-refractivity contribution >= 4 is 17.2 Å². The van der Waals surface area contributed by atoms with Gasteiger partial charge in [0.15, 0.2) is 0 Å². The molecule has 94 valence electrons. The van der Waals surface area contributed by atoms with Crippen LogP contribution in [0.2, 0.25) is 0 Å². The van der Waals surface area contributed by atoms with Crippen LogP contribution in [0.1, 0.15) is 28.4 Å². The van der Waals surface area contributed by atoms with Gasteiger partial charge in [-0.1, -0.05) is 0 Å². The van der Waals surface area contributed by atoms with Crippen molar-refractivity contribution in [3.63, 3.8) is 0 Å². The molecule has 0 saturated heterocycles. The Morgan fingerprint density at radius 1 is 1.33 bits per heavy atom. The monoisotopic (exact) mass is 260 g/mol. The number of fused-ring (bicyclic) bond motifs is 1. The van der Waals surface area contributed by atoms with Crippen molar-refractivity contribution in [3.05, 3.63) is 33.7 Å². The fourth-order valence-corrected chi connectivity index (χ4v) is 3.09. The van der Waals surface area contributed by atoms with Crippen LogP contribution in [0.3, 0.4) is 0 Å². The number of hydrogen-bond donors (Lipinski definition) is 1. The molecule has 0 saturated carbocycles. The smallest absolute Gasteiger partial charge is 0.132 e. The van der Waals surface area contributed by atoms with Crippen molar-refractivity contribution in [2.75, 3.05) is 11.9 Å². The van der Waals surface area contributed by atoms with Crippen molar-refractivity contribution in [3.8, 4) is 0 Å². The Morgan fingerprint density at radius 2 is 2.28 bits per heavy atom. The summed E-state index contributed by atoms with van der Waals surface area (Å²) in [7, 11) is 0. The van der Waals surface area contributed by atoms with E-state index in [1.54, 1.807) is 17.7 Å². The van der Waals surface area contributed by atoms with Gasteiger partial charge in [0.2, 0.25) is 0 Å². The molecule has 3 rings (SSSR count). The van der Waals surface area contributed by atoms with Crippen molar-refractivity contribution in [1.29, 1.82) is 0 Å². The summed E-state index contributed by atoms with van der Waals surface area (Å²) >= 11 is 1.73. The van der Waals surface area contributed by atoms with Crippen molar-refractivity contribution in [2.24, 2.45) is 0 Å². The van der Waals surface area contributed by atoms with Gasteiger partial charge in [0, 0.05) is 35.3 Å². The van der Waals surface area contributed by atoms with Crippen LogP contribution in [0, 0.1) is 6.92 Å². The molecule has 0 fully saturated rings. The molecule has 0 bridgehead atoms. The number of aromatic nitrogens is 3. The molecule has 0 aromatic carbocycles. The van der Waals surface area contributed by atoms with E-state index in [9.17, 15) is 0 Å². The van der Waals surface area contributed by atoms with Crippen LogP contribution in [-0.2, 0) is 19.3 Å². The second kappa shape index (κ2) is 5.02. The number of rotatable bonds is 4. The SMILES string of the molecule is Cc1csc(CCNc2ncnc3c2CCC3)n1. The zero-order valence-electron chi connectivity index (χ0n) is 10.4. The molecular formula is C13H16N4S. The minimum atomic E-state index is 0.885. The highest BCUT2D eigenvalue weighted by atomic mass is 32.1. The average molecular weight is 260 g/mol. The van der Waals surface area contributed by atoms with Crippen LogP contribution in [-0.4, -0.2) is 21.5 Å². The van der Waals surface area contributed by atoms with E-state index in [2.05, 4.69) is 25.6 Å². The van der Waals surface area contributed by atoms with Gasteiger partial charge in [-0.05, 0) is 26.2 Å².